The summed E-state index contributed by atoms with van der Waals surface area (Å²) in [7, 11) is 0. The highest BCUT2D eigenvalue weighted by molar-refractivity contribution is 4.68. The van der Waals surface area contributed by atoms with Gasteiger partial charge in [-0.25, -0.2) is 0 Å². The second kappa shape index (κ2) is 4.69. The van der Waals surface area contributed by atoms with Crippen molar-refractivity contribution in [2.24, 2.45) is 11.8 Å². The van der Waals surface area contributed by atoms with Gasteiger partial charge in [0.25, 0.3) is 0 Å². The summed E-state index contributed by atoms with van der Waals surface area (Å²) < 4.78 is 0. The van der Waals surface area contributed by atoms with Crippen LogP contribution in [0.5, 0.6) is 0 Å². The quantitative estimate of drug-likeness (QED) is 0.592. The maximum absolute atomic E-state index is 8.81. The van der Waals surface area contributed by atoms with E-state index in [0.717, 1.165) is 5.92 Å². The van der Waals surface area contributed by atoms with Crippen LogP contribution in [0.3, 0.4) is 0 Å². The van der Waals surface area contributed by atoms with Crippen LogP contribution in [0, 0.1) is 11.8 Å². The monoisotopic (exact) mass is 145 g/mol. The fraction of sp³-hybridized carbons (Fsp3) is 1.00. The molecule has 0 spiro atoms. The number of aliphatic hydroxyl groups excluding tert-OH is 1. The van der Waals surface area contributed by atoms with Crippen molar-refractivity contribution in [1.82, 2.24) is 6.15 Å². The fourth-order valence-electron chi connectivity index (χ4n) is 1.73. The van der Waals surface area contributed by atoms with Gasteiger partial charge in [-0.3, -0.25) is 0 Å². The van der Waals surface area contributed by atoms with E-state index in [1.807, 2.05) is 0 Å². The molecule has 2 unspecified atom stereocenters. The Kier molecular flexibility index (Phi) is 4.65. The van der Waals surface area contributed by atoms with Gasteiger partial charge >= 0.3 is 0 Å². The minimum atomic E-state index is 0. The molecule has 0 aliphatic heterocycles. The number of aliphatic hydroxyl groups is 1. The van der Waals surface area contributed by atoms with Gasteiger partial charge in [-0.15, -0.1) is 0 Å². The summed E-state index contributed by atoms with van der Waals surface area (Å²) in [4.78, 5) is 0. The van der Waals surface area contributed by atoms with Crippen molar-refractivity contribution in [1.29, 1.82) is 0 Å². The molecule has 4 N–H and O–H groups in total. The van der Waals surface area contributed by atoms with Crippen molar-refractivity contribution in [3.8, 4) is 0 Å². The summed E-state index contributed by atoms with van der Waals surface area (Å²) in [5.41, 5.74) is 0. The molecule has 0 aromatic rings. The highest BCUT2D eigenvalue weighted by Gasteiger charge is 2.17. The Labute approximate surface area is 63.2 Å². The largest absolute Gasteiger partial charge is 0.396 e. The lowest BCUT2D eigenvalue weighted by molar-refractivity contribution is 0.166. The lowest BCUT2D eigenvalue weighted by Crippen LogP contribution is -2.15. The molecule has 0 heterocycles. The third-order valence-corrected chi connectivity index (χ3v) is 2.30. The van der Waals surface area contributed by atoms with Gasteiger partial charge in [0, 0.05) is 6.61 Å². The zero-order valence-electron chi connectivity index (χ0n) is 6.84. The fourth-order valence-corrected chi connectivity index (χ4v) is 1.73. The van der Waals surface area contributed by atoms with Crippen LogP contribution in [0.2, 0.25) is 0 Å². The molecule has 2 heteroatoms. The minimum absolute atomic E-state index is 0. The molecule has 0 radical (unpaired) electrons. The average molecular weight is 145 g/mol. The summed E-state index contributed by atoms with van der Waals surface area (Å²) in [6, 6.07) is 0. The molecule has 1 aliphatic rings. The molecule has 0 aromatic carbocycles. The predicted molar refractivity (Wildman–Crippen MR) is 43.2 cm³/mol. The molecular formula is C8H19NO. The van der Waals surface area contributed by atoms with E-state index in [9.17, 15) is 0 Å². The maximum atomic E-state index is 8.81. The number of rotatable bonds is 1. The van der Waals surface area contributed by atoms with E-state index in [0.29, 0.717) is 12.5 Å². The second-order valence-corrected chi connectivity index (χ2v) is 3.32. The standard InChI is InChI=1S/C8H16O.H3N/c1-7-3-2-4-8(5-7)6-9;/h7-9H,2-6H2,1H3;1H3. The zero-order valence-corrected chi connectivity index (χ0v) is 6.84. The first-order valence-corrected chi connectivity index (χ1v) is 3.93. The highest BCUT2D eigenvalue weighted by atomic mass is 16.3. The molecular weight excluding hydrogens is 126 g/mol. The van der Waals surface area contributed by atoms with Crippen LogP contribution in [0.25, 0.3) is 0 Å². The van der Waals surface area contributed by atoms with E-state index in [-0.39, 0.29) is 6.15 Å². The molecule has 1 rings (SSSR count). The van der Waals surface area contributed by atoms with E-state index >= 15 is 0 Å². The molecule has 1 saturated carbocycles. The Bertz CT molecular complexity index is 85.3. The van der Waals surface area contributed by atoms with Gasteiger partial charge in [0.2, 0.25) is 0 Å². The Morgan fingerprint density at radius 3 is 2.50 bits per heavy atom. The van der Waals surface area contributed by atoms with Gasteiger partial charge in [0.15, 0.2) is 0 Å². The van der Waals surface area contributed by atoms with E-state index in [4.69, 9.17) is 5.11 Å². The minimum Gasteiger partial charge on any atom is -0.396 e. The molecule has 1 fully saturated rings. The van der Waals surface area contributed by atoms with Gasteiger partial charge in [-0.1, -0.05) is 19.8 Å². The van der Waals surface area contributed by atoms with Crippen molar-refractivity contribution >= 4 is 0 Å². The van der Waals surface area contributed by atoms with Crippen LogP contribution in [0.15, 0.2) is 0 Å². The zero-order chi connectivity index (χ0) is 6.69. The van der Waals surface area contributed by atoms with Crippen molar-refractivity contribution in [3.05, 3.63) is 0 Å². The van der Waals surface area contributed by atoms with E-state index in [1.165, 1.54) is 25.7 Å². The van der Waals surface area contributed by atoms with Gasteiger partial charge < -0.3 is 11.3 Å². The first-order valence-electron chi connectivity index (χ1n) is 3.93. The highest BCUT2D eigenvalue weighted by Crippen LogP contribution is 2.27. The van der Waals surface area contributed by atoms with E-state index < -0.39 is 0 Å². The molecule has 2 atom stereocenters. The smallest absolute Gasteiger partial charge is 0.0459 e. The molecule has 10 heavy (non-hydrogen) atoms. The normalized spacial score (nSPS) is 33.0. The number of hydrogen-bond acceptors (Lipinski definition) is 2. The van der Waals surface area contributed by atoms with Gasteiger partial charge in [-0.2, -0.15) is 0 Å². The van der Waals surface area contributed by atoms with Gasteiger partial charge in [0.1, 0.15) is 0 Å². The van der Waals surface area contributed by atoms with Crippen molar-refractivity contribution < 1.29 is 5.11 Å². The summed E-state index contributed by atoms with van der Waals surface area (Å²) in [6.45, 7) is 2.69. The molecule has 0 aromatic heterocycles. The Morgan fingerprint density at radius 1 is 1.40 bits per heavy atom. The SMILES string of the molecule is CC1CCCC(CO)C1.N. The summed E-state index contributed by atoms with van der Waals surface area (Å²) >= 11 is 0. The van der Waals surface area contributed by atoms with Crippen LogP contribution < -0.4 is 6.15 Å². The number of hydrogen-bond donors (Lipinski definition) is 2. The lowest BCUT2D eigenvalue weighted by Gasteiger charge is -2.24. The van der Waals surface area contributed by atoms with Gasteiger partial charge in [-0.05, 0) is 24.7 Å². The van der Waals surface area contributed by atoms with Crippen LogP contribution >= 0.6 is 0 Å². The second-order valence-electron chi connectivity index (χ2n) is 3.32. The summed E-state index contributed by atoms with van der Waals surface area (Å²) in [6.07, 6.45) is 5.19. The third kappa shape index (κ3) is 2.67. The van der Waals surface area contributed by atoms with Crippen LogP contribution in [-0.2, 0) is 0 Å². The third-order valence-electron chi connectivity index (χ3n) is 2.30. The topological polar surface area (TPSA) is 55.2 Å². The van der Waals surface area contributed by atoms with E-state index in [1.54, 1.807) is 0 Å². The molecule has 62 valence electrons. The van der Waals surface area contributed by atoms with Gasteiger partial charge in [0.05, 0.1) is 0 Å². The molecule has 2 nitrogen and oxygen atoms in total. The van der Waals surface area contributed by atoms with E-state index in [2.05, 4.69) is 6.92 Å². The van der Waals surface area contributed by atoms with Crippen molar-refractivity contribution in [2.75, 3.05) is 6.61 Å². The Balaban J connectivity index is 0.000000810. The van der Waals surface area contributed by atoms with Crippen molar-refractivity contribution in [2.45, 2.75) is 32.6 Å². The molecule has 0 amide bonds. The lowest BCUT2D eigenvalue weighted by atomic mass is 9.83. The van der Waals surface area contributed by atoms with Crippen LogP contribution in [0.1, 0.15) is 32.6 Å². The first kappa shape index (κ1) is 9.92. The summed E-state index contributed by atoms with van der Waals surface area (Å²) in [5, 5.41) is 8.81. The predicted octanol–water partition coefficient (Wildman–Crippen LogP) is 1.97. The first-order chi connectivity index (χ1) is 4.33. The van der Waals surface area contributed by atoms with Crippen molar-refractivity contribution in [3.63, 3.8) is 0 Å². The van der Waals surface area contributed by atoms with Crippen LogP contribution in [0.4, 0.5) is 0 Å². The molecule has 1 aliphatic carbocycles. The Hall–Kier alpha value is -0.0800. The van der Waals surface area contributed by atoms with Crippen LogP contribution in [-0.4, -0.2) is 11.7 Å². The summed E-state index contributed by atoms with van der Waals surface area (Å²) in [5.74, 6) is 1.48. The Morgan fingerprint density at radius 2 is 2.10 bits per heavy atom. The average Bonchev–Trinajstić information content (AvgIpc) is 1.88. The molecule has 0 bridgehead atoms. The molecule has 0 saturated heterocycles. The maximum Gasteiger partial charge on any atom is 0.0459 e.